The van der Waals surface area contributed by atoms with E-state index in [0.717, 1.165) is 25.7 Å². The van der Waals surface area contributed by atoms with Crippen LogP contribution in [0.2, 0.25) is 5.02 Å². The third kappa shape index (κ3) is 2.57. The summed E-state index contributed by atoms with van der Waals surface area (Å²) in [5.74, 6) is 1.48. The summed E-state index contributed by atoms with van der Waals surface area (Å²) in [6, 6.07) is 5.59. The molecule has 4 nitrogen and oxygen atoms in total. The second-order valence-electron chi connectivity index (χ2n) is 8.50. The van der Waals surface area contributed by atoms with Crippen molar-refractivity contribution in [2.45, 2.75) is 63.0 Å². The summed E-state index contributed by atoms with van der Waals surface area (Å²) in [4.78, 5) is 25.5. The molecule has 1 aromatic rings. The highest BCUT2D eigenvalue weighted by Crippen LogP contribution is 2.65. The number of hydrogen-bond donors (Lipinski definition) is 1. The second kappa shape index (κ2) is 5.98. The van der Waals surface area contributed by atoms with E-state index in [1.54, 1.807) is 18.2 Å². The highest BCUT2D eigenvalue weighted by molar-refractivity contribution is 6.31. The zero-order chi connectivity index (χ0) is 17.9. The first-order chi connectivity index (χ1) is 12.6. The van der Waals surface area contributed by atoms with Gasteiger partial charge in [-0.1, -0.05) is 30.9 Å². The molecule has 26 heavy (non-hydrogen) atoms. The van der Waals surface area contributed by atoms with Crippen LogP contribution in [0, 0.1) is 17.8 Å². The van der Waals surface area contributed by atoms with Crippen LogP contribution in [-0.2, 0) is 4.79 Å². The summed E-state index contributed by atoms with van der Waals surface area (Å²) < 4.78 is 6.37. The summed E-state index contributed by atoms with van der Waals surface area (Å²) in [5, 5.41) is 3.83. The van der Waals surface area contributed by atoms with Crippen LogP contribution in [-0.4, -0.2) is 23.3 Å². The predicted octanol–water partition coefficient (Wildman–Crippen LogP) is 4.15. The number of amides is 1. The lowest BCUT2D eigenvalue weighted by molar-refractivity contribution is -0.125. The van der Waals surface area contributed by atoms with Gasteiger partial charge in [0.1, 0.15) is 11.4 Å². The number of benzene rings is 1. The minimum Gasteiger partial charge on any atom is -0.486 e. The fraction of sp³-hybridized carbons (Fsp3) is 0.619. The predicted molar refractivity (Wildman–Crippen MR) is 98.5 cm³/mol. The molecule has 1 heterocycles. The van der Waals surface area contributed by atoms with Gasteiger partial charge in [-0.2, -0.15) is 0 Å². The van der Waals surface area contributed by atoms with Crippen molar-refractivity contribution in [3.8, 4) is 5.75 Å². The van der Waals surface area contributed by atoms with Gasteiger partial charge in [-0.3, -0.25) is 9.59 Å². The molecule has 5 rings (SSSR count). The minimum absolute atomic E-state index is 0.0207. The fourth-order valence-electron chi connectivity index (χ4n) is 5.69. The second-order valence-corrected chi connectivity index (χ2v) is 8.94. The van der Waals surface area contributed by atoms with Crippen molar-refractivity contribution in [1.82, 2.24) is 5.32 Å². The number of carbonyl (C=O) groups excluding carboxylic acids is 2. The maximum absolute atomic E-state index is 12.8. The molecule has 0 radical (unpaired) electrons. The van der Waals surface area contributed by atoms with Gasteiger partial charge in [0.2, 0.25) is 5.91 Å². The summed E-state index contributed by atoms with van der Waals surface area (Å²) in [5.41, 5.74) is 0.0902. The van der Waals surface area contributed by atoms with E-state index in [1.807, 2.05) is 0 Å². The Morgan fingerprint density at radius 2 is 2.00 bits per heavy atom. The van der Waals surface area contributed by atoms with Gasteiger partial charge >= 0.3 is 0 Å². The number of fused-ring (bicyclic) bond motifs is 3. The van der Waals surface area contributed by atoms with Crippen molar-refractivity contribution >= 4 is 23.3 Å². The molecule has 0 saturated heterocycles. The number of ketones is 1. The Morgan fingerprint density at radius 3 is 2.81 bits per heavy atom. The lowest BCUT2D eigenvalue weighted by atomic mass is 9.84. The van der Waals surface area contributed by atoms with E-state index in [2.05, 4.69) is 5.32 Å². The van der Waals surface area contributed by atoms with Gasteiger partial charge in [0.15, 0.2) is 5.78 Å². The number of hydrogen-bond acceptors (Lipinski definition) is 3. The van der Waals surface area contributed by atoms with Crippen molar-refractivity contribution in [3.05, 3.63) is 28.8 Å². The van der Waals surface area contributed by atoms with E-state index < -0.39 is 5.60 Å². The van der Waals surface area contributed by atoms with Crippen molar-refractivity contribution in [1.29, 1.82) is 0 Å². The topological polar surface area (TPSA) is 55.4 Å². The molecule has 4 aliphatic rings. The van der Waals surface area contributed by atoms with Crippen LogP contribution in [0.25, 0.3) is 0 Å². The first-order valence-corrected chi connectivity index (χ1v) is 10.3. The Kier molecular flexibility index (Phi) is 3.82. The van der Waals surface area contributed by atoms with E-state index in [-0.39, 0.29) is 23.5 Å². The van der Waals surface area contributed by atoms with Crippen LogP contribution in [0.5, 0.6) is 5.75 Å². The highest BCUT2D eigenvalue weighted by atomic mass is 35.5. The van der Waals surface area contributed by atoms with E-state index in [4.69, 9.17) is 16.3 Å². The van der Waals surface area contributed by atoms with Crippen LogP contribution in [0.15, 0.2) is 18.2 Å². The molecule has 0 bridgehead atoms. The quantitative estimate of drug-likeness (QED) is 0.847. The van der Waals surface area contributed by atoms with E-state index in [0.29, 0.717) is 34.7 Å². The van der Waals surface area contributed by atoms with Crippen LogP contribution >= 0.6 is 11.6 Å². The molecule has 3 saturated carbocycles. The Morgan fingerprint density at radius 1 is 1.19 bits per heavy atom. The lowest BCUT2D eigenvalue weighted by Gasteiger charge is -2.37. The Hall–Kier alpha value is -1.55. The normalized spacial score (nSPS) is 35.6. The third-order valence-corrected chi connectivity index (χ3v) is 7.18. The smallest absolute Gasteiger partial charge is 0.224 e. The SMILES string of the molecule is O=C1C[C@]2(CC[C@@H]3[C@H](C(=O)NC4CCCCC4)[C@H]32)Oc2ccc(Cl)cc21. The number of nitrogens with one attached hydrogen (secondary N) is 1. The molecule has 1 amide bonds. The highest BCUT2D eigenvalue weighted by Gasteiger charge is 2.70. The van der Waals surface area contributed by atoms with Gasteiger partial charge in [-0.15, -0.1) is 0 Å². The molecule has 1 N–H and O–H groups in total. The summed E-state index contributed by atoms with van der Waals surface area (Å²) in [6.45, 7) is 0. The molecular weight excluding hydrogens is 350 g/mol. The molecule has 0 unspecified atom stereocenters. The lowest BCUT2D eigenvalue weighted by Crippen LogP contribution is -2.45. The van der Waals surface area contributed by atoms with E-state index in [9.17, 15) is 9.59 Å². The summed E-state index contributed by atoms with van der Waals surface area (Å²) in [7, 11) is 0. The molecule has 138 valence electrons. The average molecular weight is 374 g/mol. The van der Waals surface area contributed by atoms with Gasteiger partial charge in [-0.05, 0) is 49.8 Å². The zero-order valence-electron chi connectivity index (χ0n) is 14.8. The molecule has 0 aromatic heterocycles. The first-order valence-electron chi connectivity index (χ1n) is 9.89. The summed E-state index contributed by atoms with van der Waals surface area (Å²) >= 11 is 6.03. The van der Waals surface area contributed by atoms with Crippen LogP contribution in [0.4, 0.5) is 0 Å². The Labute approximate surface area is 158 Å². The van der Waals surface area contributed by atoms with Crippen molar-refractivity contribution in [2.75, 3.05) is 0 Å². The average Bonchev–Trinajstić information content (AvgIpc) is 3.28. The van der Waals surface area contributed by atoms with E-state index >= 15 is 0 Å². The fourth-order valence-corrected chi connectivity index (χ4v) is 5.86. The third-order valence-electron chi connectivity index (χ3n) is 6.95. The van der Waals surface area contributed by atoms with Crippen LogP contribution in [0.1, 0.15) is 61.7 Å². The number of ether oxygens (including phenoxy) is 1. The largest absolute Gasteiger partial charge is 0.486 e. The molecule has 5 heteroatoms. The number of halogens is 1. The van der Waals surface area contributed by atoms with Crippen molar-refractivity contribution in [2.24, 2.45) is 17.8 Å². The standard InChI is InChI=1S/C21H24ClNO3/c22-12-6-7-17-15(10-12)16(24)11-21(26-17)9-8-14-18(19(14)21)20(25)23-13-4-2-1-3-5-13/h6-7,10,13-14,18-19H,1-5,8-9,11H2,(H,23,25)/t14-,18+,19+,21+/m1/s1. The number of rotatable bonds is 2. The molecule has 1 aromatic carbocycles. The summed E-state index contributed by atoms with van der Waals surface area (Å²) in [6.07, 6.45) is 8.11. The van der Waals surface area contributed by atoms with Gasteiger partial charge in [-0.25, -0.2) is 0 Å². The first kappa shape index (κ1) is 16.6. The molecule has 4 atom stereocenters. The van der Waals surface area contributed by atoms with Gasteiger partial charge in [0, 0.05) is 22.9 Å². The Balaban J connectivity index is 1.33. The van der Waals surface area contributed by atoms with Gasteiger partial charge in [0.05, 0.1) is 12.0 Å². The minimum atomic E-state index is -0.489. The number of Topliss-reactive ketones (excluding diaryl/α,β-unsaturated/α-hetero) is 1. The molecule has 3 fully saturated rings. The maximum Gasteiger partial charge on any atom is 0.224 e. The molecular formula is C21H24ClNO3. The number of carbonyl (C=O) groups is 2. The molecule has 1 spiro atoms. The Bertz CT molecular complexity index is 773. The zero-order valence-corrected chi connectivity index (χ0v) is 15.6. The van der Waals surface area contributed by atoms with Crippen LogP contribution < -0.4 is 10.1 Å². The molecule has 1 aliphatic heterocycles. The van der Waals surface area contributed by atoms with Crippen molar-refractivity contribution in [3.63, 3.8) is 0 Å². The van der Waals surface area contributed by atoms with Gasteiger partial charge in [0.25, 0.3) is 0 Å². The van der Waals surface area contributed by atoms with E-state index in [1.165, 1.54) is 19.3 Å². The van der Waals surface area contributed by atoms with Gasteiger partial charge < -0.3 is 10.1 Å². The monoisotopic (exact) mass is 373 g/mol. The van der Waals surface area contributed by atoms with Crippen molar-refractivity contribution < 1.29 is 14.3 Å². The van der Waals surface area contributed by atoms with Crippen LogP contribution in [0.3, 0.4) is 0 Å². The molecule has 3 aliphatic carbocycles. The maximum atomic E-state index is 12.8.